The van der Waals surface area contributed by atoms with Crippen molar-refractivity contribution in [2.75, 3.05) is 31.7 Å². The zero-order chi connectivity index (χ0) is 31.3. The number of hydrogen-bond donors (Lipinski definition) is 2. The summed E-state index contributed by atoms with van der Waals surface area (Å²) in [6.45, 7) is 10.3. The van der Waals surface area contributed by atoms with E-state index >= 15 is 0 Å². The summed E-state index contributed by atoms with van der Waals surface area (Å²) in [6, 6.07) is 11.0. The van der Waals surface area contributed by atoms with E-state index in [9.17, 15) is 9.59 Å². The van der Waals surface area contributed by atoms with E-state index in [4.69, 9.17) is 24.1 Å². The number of rotatable bonds is 23. The fraction of sp³-hybridized carbons (Fsp3) is 0.543. The van der Waals surface area contributed by atoms with Gasteiger partial charge in [0.1, 0.15) is 5.75 Å². The third-order valence-corrected chi connectivity index (χ3v) is 6.77. The number of carboxylic acid groups (broad SMARTS) is 1. The highest BCUT2D eigenvalue weighted by molar-refractivity contribution is 6.04. The number of anilines is 1. The van der Waals surface area contributed by atoms with Gasteiger partial charge in [-0.3, -0.25) is 9.59 Å². The van der Waals surface area contributed by atoms with Gasteiger partial charge in [0.2, 0.25) is 11.7 Å². The Labute approximate surface area is 257 Å². The van der Waals surface area contributed by atoms with Gasteiger partial charge in [-0.2, -0.15) is 0 Å². The maximum absolute atomic E-state index is 13.1. The quantitative estimate of drug-likeness (QED) is 0.0975. The minimum atomic E-state index is -0.870. The maximum Gasteiger partial charge on any atom is 0.303 e. The molecule has 0 aromatic heterocycles. The molecule has 2 rings (SSSR count). The molecule has 0 radical (unpaired) electrons. The Kier molecular flexibility index (Phi) is 17.4. The van der Waals surface area contributed by atoms with Gasteiger partial charge in [-0.05, 0) is 68.0 Å². The number of carbonyl (C=O) groups excluding carboxylic acids is 1. The molecule has 43 heavy (non-hydrogen) atoms. The predicted octanol–water partition coefficient (Wildman–Crippen LogP) is 8.68. The number of aliphatic carboxylic acids is 1. The third kappa shape index (κ3) is 13.9. The van der Waals surface area contributed by atoms with E-state index in [1.54, 1.807) is 30.3 Å². The molecule has 0 unspecified atom stereocenters. The third-order valence-electron chi connectivity index (χ3n) is 6.77. The van der Waals surface area contributed by atoms with Crippen LogP contribution in [0.1, 0.15) is 104 Å². The number of amides is 1. The standard InChI is InChI=1S/C35H51NO7/c1-5-8-13-20-41-31-25-28(26-32(42-21-14-9-6-2)35(31)43-22-15-10-7-3)27(4)24-33(37)36-29-17-11-12-18-30(29)40-23-16-19-34(38)39/h11-12,17-18,24-26H,5-10,13-16,19-23H2,1-4H3,(H,36,37)(H,38,39). The lowest BCUT2D eigenvalue weighted by Crippen LogP contribution is -2.11. The van der Waals surface area contributed by atoms with Gasteiger partial charge in [0.15, 0.2) is 11.5 Å². The van der Waals surface area contributed by atoms with Crippen LogP contribution in [0.15, 0.2) is 42.5 Å². The summed E-state index contributed by atoms with van der Waals surface area (Å²) in [5, 5.41) is 11.8. The van der Waals surface area contributed by atoms with Crippen LogP contribution in [-0.2, 0) is 9.59 Å². The number of carbonyl (C=O) groups is 2. The van der Waals surface area contributed by atoms with Crippen molar-refractivity contribution in [2.45, 2.75) is 98.3 Å². The molecule has 2 aromatic carbocycles. The van der Waals surface area contributed by atoms with Crippen molar-refractivity contribution in [3.8, 4) is 23.0 Å². The van der Waals surface area contributed by atoms with Crippen molar-refractivity contribution in [1.29, 1.82) is 0 Å². The largest absolute Gasteiger partial charge is 0.491 e. The monoisotopic (exact) mass is 597 g/mol. The summed E-state index contributed by atoms with van der Waals surface area (Å²) in [5.41, 5.74) is 2.07. The Bertz CT molecular complexity index is 1110. The topological polar surface area (TPSA) is 103 Å². The van der Waals surface area contributed by atoms with Crippen molar-refractivity contribution in [1.82, 2.24) is 0 Å². The number of para-hydroxylation sites is 2. The normalized spacial score (nSPS) is 11.2. The Hall–Kier alpha value is -3.68. The van der Waals surface area contributed by atoms with Crippen molar-refractivity contribution in [3.63, 3.8) is 0 Å². The first-order valence-corrected chi connectivity index (χ1v) is 15.9. The number of allylic oxidation sites excluding steroid dienone is 1. The molecule has 0 atom stereocenters. The molecule has 1 amide bonds. The lowest BCUT2D eigenvalue weighted by molar-refractivity contribution is -0.137. The summed E-state index contributed by atoms with van der Waals surface area (Å²) in [5.74, 6) is 1.19. The summed E-state index contributed by atoms with van der Waals surface area (Å²) in [6.07, 6.45) is 11.3. The van der Waals surface area contributed by atoms with E-state index in [2.05, 4.69) is 26.1 Å². The smallest absolute Gasteiger partial charge is 0.303 e. The van der Waals surface area contributed by atoms with E-state index in [0.717, 1.165) is 68.9 Å². The van der Waals surface area contributed by atoms with Gasteiger partial charge in [0.25, 0.3) is 0 Å². The molecule has 0 spiro atoms. The zero-order valence-corrected chi connectivity index (χ0v) is 26.5. The molecular formula is C35H51NO7. The molecule has 0 saturated carbocycles. The first kappa shape index (κ1) is 35.5. The van der Waals surface area contributed by atoms with E-state index in [-0.39, 0.29) is 18.9 Å². The number of unbranched alkanes of at least 4 members (excludes halogenated alkanes) is 6. The summed E-state index contributed by atoms with van der Waals surface area (Å²) >= 11 is 0. The lowest BCUT2D eigenvalue weighted by atomic mass is 10.1. The summed E-state index contributed by atoms with van der Waals surface area (Å²) in [4.78, 5) is 23.9. The number of nitrogens with one attached hydrogen (secondary N) is 1. The van der Waals surface area contributed by atoms with Crippen LogP contribution >= 0.6 is 0 Å². The molecule has 0 aliphatic rings. The maximum atomic E-state index is 13.1. The highest BCUT2D eigenvalue weighted by atomic mass is 16.5. The van der Waals surface area contributed by atoms with Gasteiger partial charge in [-0.1, -0.05) is 71.4 Å². The summed E-state index contributed by atoms with van der Waals surface area (Å²) < 4.78 is 24.5. The molecule has 0 aliphatic carbocycles. The number of ether oxygens (including phenoxy) is 4. The summed E-state index contributed by atoms with van der Waals surface area (Å²) in [7, 11) is 0. The van der Waals surface area contributed by atoms with Crippen LogP contribution in [0.2, 0.25) is 0 Å². The Morgan fingerprint density at radius 2 is 1.23 bits per heavy atom. The first-order valence-electron chi connectivity index (χ1n) is 15.9. The molecule has 0 heterocycles. The zero-order valence-electron chi connectivity index (χ0n) is 26.5. The van der Waals surface area contributed by atoms with E-state index in [0.29, 0.717) is 54.9 Å². The average Bonchev–Trinajstić information content (AvgIpc) is 2.99. The van der Waals surface area contributed by atoms with Crippen LogP contribution in [0.5, 0.6) is 23.0 Å². The van der Waals surface area contributed by atoms with Crippen molar-refractivity contribution in [2.24, 2.45) is 0 Å². The van der Waals surface area contributed by atoms with Crippen molar-refractivity contribution >= 4 is 23.1 Å². The molecule has 0 bridgehead atoms. The van der Waals surface area contributed by atoms with Gasteiger partial charge in [-0.25, -0.2) is 0 Å². The molecule has 0 aliphatic heterocycles. The van der Waals surface area contributed by atoms with Crippen LogP contribution in [0.3, 0.4) is 0 Å². The second-order valence-corrected chi connectivity index (χ2v) is 10.6. The predicted molar refractivity (Wildman–Crippen MR) is 173 cm³/mol. The number of hydrogen-bond acceptors (Lipinski definition) is 6. The molecule has 8 heteroatoms. The average molecular weight is 598 g/mol. The molecule has 0 fully saturated rings. The van der Waals surface area contributed by atoms with Gasteiger partial charge in [0.05, 0.1) is 32.1 Å². The van der Waals surface area contributed by atoms with E-state index in [1.165, 1.54) is 0 Å². The minimum absolute atomic E-state index is 0.0215. The van der Waals surface area contributed by atoms with Crippen LogP contribution in [0, 0.1) is 0 Å². The number of benzene rings is 2. The van der Waals surface area contributed by atoms with Crippen molar-refractivity contribution in [3.05, 3.63) is 48.0 Å². The highest BCUT2D eigenvalue weighted by Gasteiger charge is 2.17. The molecule has 8 nitrogen and oxygen atoms in total. The second kappa shape index (κ2) is 21.1. The van der Waals surface area contributed by atoms with Crippen LogP contribution in [0.4, 0.5) is 5.69 Å². The lowest BCUT2D eigenvalue weighted by Gasteiger charge is -2.19. The highest BCUT2D eigenvalue weighted by Crippen LogP contribution is 2.41. The van der Waals surface area contributed by atoms with Gasteiger partial charge >= 0.3 is 5.97 Å². The Balaban J connectivity index is 2.30. The van der Waals surface area contributed by atoms with E-state index < -0.39 is 5.97 Å². The molecule has 2 aromatic rings. The van der Waals surface area contributed by atoms with Crippen LogP contribution < -0.4 is 24.3 Å². The Morgan fingerprint density at radius 1 is 0.721 bits per heavy atom. The SMILES string of the molecule is CCCCCOc1cc(C(C)=CC(=O)Nc2ccccc2OCCCC(=O)O)cc(OCCCCC)c1OCCCCC. The minimum Gasteiger partial charge on any atom is -0.491 e. The molecular weight excluding hydrogens is 546 g/mol. The Morgan fingerprint density at radius 3 is 1.79 bits per heavy atom. The van der Waals surface area contributed by atoms with Gasteiger partial charge in [0, 0.05) is 12.5 Å². The van der Waals surface area contributed by atoms with Crippen LogP contribution in [0.25, 0.3) is 5.57 Å². The first-order chi connectivity index (χ1) is 20.9. The van der Waals surface area contributed by atoms with Crippen LogP contribution in [-0.4, -0.2) is 43.4 Å². The number of carboxylic acids is 1. The molecule has 2 N–H and O–H groups in total. The van der Waals surface area contributed by atoms with E-state index in [1.807, 2.05) is 19.1 Å². The fourth-order valence-corrected chi connectivity index (χ4v) is 4.31. The fourth-order valence-electron chi connectivity index (χ4n) is 4.31. The van der Waals surface area contributed by atoms with Crippen molar-refractivity contribution < 1.29 is 33.6 Å². The molecule has 238 valence electrons. The molecule has 0 saturated heterocycles. The van der Waals surface area contributed by atoms with Gasteiger partial charge < -0.3 is 29.4 Å². The van der Waals surface area contributed by atoms with Gasteiger partial charge in [-0.15, -0.1) is 0 Å². The second-order valence-electron chi connectivity index (χ2n) is 10.6.